The molecular weight excluding hydrogens is 196 g/mol. The Hall–Kier alpha value is -0.310. The van der Waals surface area contributed by atoms with Crippen LogP contribution >= 0.6 is 0 Å². The molecule has 0 amide bonds. The molecule has 0 aliphatic carbocycles. The molecule has 0 saturated carbocycles. The van der Waals surface area contributed by atoms with E-state index in [1.165, 1.54) is 43.9 Å². The van der Waals surface area contributed by atoms with E-state index in [2.05, 4.69) is 6.92 Å². The van der Waals surface area contributed by atoms with E-state index < -0.39 is 10.7 Å². The SMILES string of the molecule is CCCCCCCCCC=C[SH](=O)=O. The number of thiol groups is 1. The van der Waals surface area contributed by atoms with Crippen LogP contribution in [0.3, 0.4) is 0 Å². The highest BCUT2D eigenvalue weighted by Crippen LogP contribution is 2.08. The van der Waals surface area contributed by atoms with Crippen molar-refractivity contribution < 1.29 is 8.42 Å². The maximum atomic E-state index is 10.2. The highest BCUT2D eigenvalue weighted by atomic mass is 32.2. The Bertz CT molecular complexity index is 199. The van der Waals surface area contributed by atoms with Crippen LogP contribution in [-0.2, 0) is 10.7 Å². The van der Waals surface area contributed by atoms with Crippen LogP contribution in [0.1, 0.15) is 58.3 Å². The average molecular weight is 218 g/mol. The van der Waals surface area contributed by atoms with Crippen LogP contribution in [0.15, 0.2) is 11.5 Å². The molecule has 0 radical (unpaired) electrons. The molecule has 0 aromatic heterocycles. The van der Waals surface area contributed by atoms with Crippen LogP contribution in [0.25, 0.3) is 0 Å². The molecule has 84 valence electrons. The standard InChI is InChI=1S/C11H22O2S/c1-2-3-4-5-6-7-8-9-10-11-14(12)13/h10-11,14H,2-9H2,1H3. The van der Waals surface area contributed by atoms with Gasteiger partial charge in [0, 0.05) is 5.41 Å². The Morgan fingerprint density at radius 3 is 2.07 bits per heavy atom. The minimum Gasteiger partial charge on any atom is -0.227 e. The largest absolute Gasteiger partial charge is 0.227 e. The predicted octanol–water partition coefficient (Wildman–Crippen LogP) is 3.25. The van der Waals surface area contributed by atoms with Crippen molar-refractivity contribution >= 4 is 10.7 Å². The molecule has 0 N–H and O–H groups in total. The number of rotatable bonds is 9. The summed E-state index contributed by atoms with van der Waals surface area (Å²) in [6, 6.07) is 0. The second-order valence-corrected chi connectivity index (χ2v) is 4.45. The van der Waals surface area contributed by atoms with Gasteiger partial charge in [-0.2, -0.15) is 0 Å². The van der Waals surface area contributed by atoms with Gasteiger partial charge >= 0.3 is 0 Å². The molecule has 0 atom stereocenters. The topological polar surface area (TPSA) is 34.1 Å². The third kappa shape index (κ3) is 11.7. The molecule has 0 heterocycles. The summed E-state index contributed by atoms with van der Waals surface area (Å²) < 4.78 is 20.3. The lowest BCUT2D eigenvalue weighted by atomic mass is 10.1. The Kier molecular flexibility index (Phi) is 10.5. The zero-order valence-corrected chi connectivity index (χ0v) is 9.97. The minimum absolute atomic E-state index is 0.900. The lowest BCUT2D eigenvalue weighted by Crippen LogP contribution is -1.79. The molecule has 0 aliphatic heterocycles. The lowest BCUT2D eigenvalue weighted by molar-refractivity contribution is 0.592. The lowest BCUT2D eigenvalue weighted by Gasteiger charge is -1.98. The summed E-state index contributed by atoms with van der Waals surface area (Å²) in [4.78, 5) is 0. The molecule has 0 aromatic rings. The van der Waals surface area contributed by atoms with Crippen molar-refractivity contribution in [3.63, 3.8) is 0 Å². The number of unbranched alkanes of at least 4 members (excludes halogenated alkanes) is 7. The van der Waals surface area contributed by atoms with E-state index in [4.69, 9.17) is 0 Å². The molecule has 0 rings (SSSR count). The van der Waals surface area contributed by atoms with Crippen LogP contribution in [0.4, 0.5) is 0 Å². The van der Waals surface area contributed by atoms with Gasteiger partial charge in [-0.15, -0.1) is 0 Å². The van der Waals surface area contributed by atoms with E-state index in [1.54, 1.807) is 6.08 Å². The van der Waals surface area contributed by atoms with Gasteiger partial charge < -0.3 is 0 Å². The summed E-state index contributed by atoms with van der Waals surface area (Å²) in [5.74, 6) is 0. The van der Waals surface area contributed by atoms with E-state index >= 15 is 0 Å². The highest BCUT2D eigenvalue weighted by molar-refractivity contribution is 7.75. The summed E-state index contributed by atoms with van der Waals surface area (Å²) in [5.41, 5.74) is 0. The molecule has 0 saturated heterocycles. The maximum absolute atomic E-state index is 10.2. The van der Waals surface area contributed by atoms with Gasteiger partial charge in [-0.1, -0.05) is 51.5 Å². The molecular formula is C11H22O2S. The van der Waals surface area contributed by atoms with Gasteiger partial charge in [0.25, 0.3) is 0 Å². The van der Waals surface area contributed by atoms with E-state index in [1.807, 2.05) is 0 Å². The summed E-state index contributed by atoms with van der Waals surface area (Å²) in [6.07, 6.45) is 11.6. The minimum atomic E-state index is -2.31. The van der Waals surface area contributed by atoms with Crippen molar-refractivity contribution in [2.24, 2.45) is 0 Å². The van der Waals surface area contributed by atoms with Gasteiger partial charge in [-0.25, -0.2) is 8.42 Å². The third-order valence-electron chi connectivity index (χ3n) is 2.20. The molecule has 0 fully saturated rings. The van der Waals surface area contributed by atoms with Gasteiger partial charge in [-0.3, -0.25) is 0 Å². The summed E-state index contributed by atoms with van der Waals surface area (Å²) in [5, 5.41) is 1.27. The van der Waals surface area contributed by atoms with Crippen LogP contribution in [0, 0.1) is 0 Å². The van der Waals surface area contributed by atoms with Crippen molar-refractivity contribution in [1.82, 2.24) is 0 Å². The quantitative estimate of drug-likeness (QED) is 0.476. The Morgan fingerprint density at radius 2 is 1.50 bits per heavy atom. The fourth-order valence-electron chi connectivity index (χ4n) is 1.38. The fraction of sp³-hybridized carbons (Fsp3) is 0.818. The number of hydrogen-bond acceptors (Lipinski definition) is 2. The van der Waals surface area contributed by atoms with E-state index in [0.29, 0.717) is 0 Å². The summed E-state index contributed by atoms with van der Waals surface area (Å²) in [7, 11) is -2.31. The predicted molar refractivity (Wildman–Crippen MR) is 62.1 cm³/mol. The Labute approximate surface area is 89.4 Å². The second-order valence-electron chi connectivity index (χ2n) is 3.58. The van der Waals surface area contributed by atoms with Gasteiger partial charge in [-0.05, 0) is 12.8 Å². The zero-order valence-electron chi connectivity index (χ0n) is 9.08. The second kappa shape index (κ2) is 10.8. The highest BCUT2D eigenvalue weighted by Gasteiger charge is 1.89. The fourth-order valence-corrected chi connectivity index (χ4v) is 1.70. The zero-order chi connectivity index (χ0) is 10.6. The normalized spacial score (nSPS) is 11.6. The molecule has 2 nitrogen and oxygen atoms in total. The van der Waals surface area contributed by atoms with Crippen molar-refractivity contribution in [1.29, 1.82) is 0 Å². The van der Waals surface area contributed by atoms with Crippen molar-refractivity contribution in [2.45, 2.75) is 58.3 Å². The smallest absolute Gasteiger partial charge is 0.161 e. The van der Waals surface area contributed by atoms with Crippen LogP contribution in [0.5, 0.6) is 0 Å². The first-order valence-corrected chi connectivity index (χ1v) is 6.82. The third-order valence-corrected chi connectivity index (χ3v) is 2.66. The molecule has 0 spiro atoms. The molecule has 3 heteroatoms. The van der Waals surface area contributed by atoms with Crippen molar-refractivity contribution in [3.05, 3.63) is 11.5 Å². The maximum Gasteiger partial charge on any atom is 0.161 e. The van der Waals surface area contributed by atoms with Gasteiger partial charge in [0.2, 0.25) is 0 Å². The number of hydrogen-bond donors (Lipinski definition) is 1. The Balaban J connectivity index is 3.06. The molecule has 0 bridgehead atoms. The first kappa shape index (κ1) is 13.7. The summed E-state index contributed by atoms with van der Waals surface area (Å²) >= 11 is 0. The monoisotopic (exact) mass is 218 g/mol. The van der Waals surface area contributed by atoms with Gasteiger partial charge in [0.1, 0.15) is 0 Å². The van der Waals surface area contributed by atoms with Crippen molar-refractivity contribution in [3.8, 4) is 0 Å². The van der Waals surface area contributed by atoms with E-state index in [0.717, 1.165) is 12.8 Å². The summed E-state index contributed by atoms with van der Waals surface area (Å²) in [6.45, 7) is 2.22. The van der Waals surface area contributed by atoms with Crippen molar-refractivity contribution in [2.75, 3.05) is 0 Å². The van der Waals surface area contributed by atoms with E-state index in [-0.39, 0.29) is 0 Å². The first-order chi connectivity index (χ1) is 6.77. The molecule has 0 unspecified atom stereocenters. The van der Waals surface area contributed by atoms with Crippen LogP contribution in [-0.4, -0.2) is 8.42 Å². The number of allylic oxidation sites excluding steroid dienone is 1. The van der Waals surface area contributed by atoms with Crippen LogP contribution in [0.2, 0.25) is 0 Å². The van der Waals surface area contributed by atoms with Gasteiger partial charge in [0.15, 0.2) is 10.7 Å². The molecule has 0 aliphatic rings. The molecule has 0 aromatic carbocycles. The van der Waals surface area contributed by atoms with Crippen LogP contribution < -0.4 is 0 Å². The van der Waals surface area contributed by atoms with E-state index in [9.17, 15) is 8.42 Å². The van der Waals surface area contributed by atoms with Gasteiger partial charge in [0.05, 0.1) is 0 Å². The Morgan fingerprint density at radius 1 is 0.929 bits per heavy atom. The molecule has 14 heavy (non-hydrogen) atoms. The first-order valence-electron chi connectivity index (χ1n) is 5.57. The average Bonchev–Trinajstić information content (AvgIpc) is 2.15.